The van der Waals surface area contributed by atoms with Crippen LogP contribution in [0.4, 0.5) is 10.5 Å². The lowest BCUT2D eigenvalue weighted by molar-refractivity contribution is -0.138. The molecule has 3 fully saturated rings. The molecule has 0 aliphatic carbocycles. The number of likely N-dealkylation sites (tertiary alicyclic amines) is 1. The maximum atomic E-state index is 13.4. The number of carbonyl (C=O) groups excluding carboxylic acids is 3. The van der Waals surface area contributed by atoms with Gasteiger partial charge in [-0.1, -0.05) is 38.1 Å². The molecular formula is C22H20N4O3. The predicted octanol–water partition coefficient (Wildman–Crippen LogP) is 2.49. The fourth-order valence-electron chi connectivity index (χ4n) is 5.04. The molecule has 7 heteroatoms. The van der Waals surface area contributed by atoms with E-state index in [0.717, 1.165) is 0 Å². The van der Waals surface area contributed by atoms with Crippen LogP contribution < -0.4 is 4.90 Å². The van der Waals surface area contributed by atoms with E-state index in [1.807, 2.05) is 38.1 Å². The van der Waals surface area contributed by atoms with Crippen molar-refractivity contribution in [3.63, 3.8) is 0 Å². The van der Waals surface area contributed by atoms with Crippen LogP contribution in [0.3, 0.4) is 0 Å². The molecule has 3 atom stereocenters. The molecule has 5 rings (SSSR count). The Hall–Kier alpha value is -3.40. The number of hydrogen-bond acceptors (Lipinski definition) is 4. The minimum absolute atomic E-state index is 0.0275. The standard InChI is InChI=1S/C22H20N4O3/c1-12(2)20(27)24-11-14-9-18(24)19-21(28)26(22(29)25(14)19)17-8-7-13(10-23)15-5-3-4-6-16(15)17/h3-8,12,14,18-19H,9,11H2,1-2H3. The molecule has 3 heterocycles. The van der Waals surface area contributed by atoms with E-state index < -0.39 is 6.04 Å². The molecule has 3 unspecified atom stereocenters. The molecular weight excluding hydrogens is 368 g/mol. The number of nitriles is 1. The fraction of sp³-hybridized carbons (Fsp3) is 0.364. The van der Waals surface area contributed by atoms with Crippen LogP contribution in [0.5, 0.6) is 0 Å². The van der Waals surface area contributed by atoms with Gasteiger partial charge >= 0.3 is 6.03 Å². The Morgan fingerprint density at radius 2 is 1.86 bits per heavy atom. The summed E-state index contributed by atoms with van der Waals surface area (Å²) in [5.41, 5.74) is 0.989. The third kappa shape index (κ3) is 2.26. The van der Waals surface area contributed by atoms with Gasteiger partial charge < -0.3 is 9.80 Å². The van der Waals surface area contributed by atoms with Crippen LogP contribution in [-0.4, -0.2) is 52.3 Å². The average Bonchev–Trinajstić information content (AvgIpc) is 3.38. The van der Waals surface area contributed by atoms with Gasteiger partial charge in [0.2, 0.25) is 5.91 Å². The summed E-state index contributed by atoms with van der Waals surface area (Å²) in [6, 6.07) is 11.4. The summed E-state index contributed by atoms with van der Waals surface area (Å²) in [5.74, 6) is -0.410. The van der Waals surface area contributed by atoms with Crippen molar-refractivity contribution in [2.75, 3.05) is 11.4 Å². The number of carbonyl (C=O) groups is 3. The van der Waals surface area contributed by atoms with E-state index in [-0.39, 0.29) is 35.8 Å². The molecule has 29 heavy (non-hydrogen) atoms. The first kappa shape index (κ1) is 17.7. The van der Waals surface area contributed by atoms with E-state index in [0.29, 0.717) is 35.0 Å². The van der Waals surface area contributed by atoms with Crippen LogP contribution in [0.25, 0.3) is 10.8 Å². The summed E-state index contributed by atoms with van der Waals surface area (Å²) in [7, 11) is 0. The average molecular weight is 388 g/mol. The highest BCUT2D eigenvalue weighted by Crippen LogP contribution is 2.44. The van der Waals surface area contributed by atoms with Gasteiger partial charge in [-0.05, 0) is 18.6 Å². The van der Waals surface area contributed by atoms with Crippen LogP contribution in [-0.2, 0) is 9.59 Å². The molecule has 146 valence electrons. The Kier molecular flexibility index (Phi) is 3.69. The molecule has 3 aliphatic rings. The summed E-state index contributed by atoms with van der Waals surface area (Å²) in [6.07, 6.45) is 0.655. The van der Waals surface area contributed by atoms with Crippen molar-refractivity contribution in [2.45, 2.75) is 38.4 Å². The number of hydrogen-bond donors (Lipinski definition) is 0. The smallest absolute Gasteiger partial charge is 0.332 e. The summed E-state index contributed by atoms with van der Waals surface area (Å²) in [5, 5.41) is 10.8. The number of piperazine rings is 1. The molecule has 0 N–H and O–H groups in total. The molecule has 2 aromatic carbocycles. The van der Waals surface area contributed by atoms with Gasteiger partial charge in [0.15, 0.2) is 0 Å². The van der Waals surface area contributed by atoms with Crippen molar-refractivity contribution in [1.82, 2.24) is 9.80 Å². The topological polar surface area (TPSA) is 84.7 Å². The van der Waals surface area contributed by atoms with Gasteiger partial charge in [0.05, 0.1) is 29.4 Å². The van der Waals surface area contributed by atoms with Crippen molar-refractivity contribution >= 4 is 34.3 Å². The van der Waals surface area contributed by atoms with Crippen LogP contribution in [0.2, 0.25) is 0 Å². The number of amides is 4. The lowest BCUT2D eigenvalue weighted by atomic mass is 10.0. The van der Waals surface area contributed by atoms with Gasteiger partial charge in [0.1, 0.15) is 6.04 Å². The summed E-state index contributed by atoms with van der Waals surface area (Å²) in [6.45, 7) is 4.19. The number of urea groups is 1. The minimum atomic E-state index is -0.627. The van der Waals surface area contributed by atoms with Crippen LogP contribution >= 0.6 is 0 Å². The monoisotopic (exact) mass is 388 g/mol. The Morgan fingerprint density at radius 1 is 1.14 bits per heavy atom. The van der Waals surface area contributed by atoms with Crippen LogP contribution in [0, 0.1) is 17.2 Å². The van der Waals surface area contributed by atoms with Gasteiger partial charge in [-0.15, -0.1) is 0 Å². The Labute approximate surface area is 168 Å². The molecule has 3 aliphatic heterocycles. The van der Waals surface area contributed by atoms with E-state index in [9.17, 15) is 19.6 Å². The maximum Gasteiger partial charge on any atom is 0.332 e. The predicted molar refractivity (Wildman–Crippen MR) is 106 cm³/mol. The zero-order valence-corrected chi connectivity index (χ0v) is 16.2. The Balaban J connectivity index is 1.57. The van der Waals surface area contributed by atoms with Gasteiger partial charge in [-0.2, -0.15) is 5.26 Å². The second kappa shape index (κ2) is 6.05. The zero-order chi connectivity index (χ0) is 20.4. The minimum Gasteiger partial charge on any atom is -0.335 e. The van der Waals surface area contributed by atoms with Gasteiger partial charge in [-0.3, -0.25) is 9.59 Å². The van der Waals surface area contributed by atoms with E-state index in [4.69, 9.17) is 0 Å². The number of imide groups is 1. The van der Waals surface area contributed by atoms with Crippen molar-refractivity contribution < 1.29 is 14.4 Å². The SMILES string of the molecule is CC(C)C(=O)N1CC2CC1C1C(=O)N(c3ccc(C#N)c4ccccc34)C(=O)N21. The largest absolute Gasteiger partial charge is 0.335 e. The number of fused-ring (bicyclic) bond motifs is 6. The molecule has 2 aromatic rings. The lowest BCUT2D eigenvalue weighted by Gasteiger charge is -2.35. The van der Waals surface area contributed by atoms with Gasteiger partial charge in [0, 0.05) is 23.2 Å². The highest BCUT2D eigenvalue weighted by Gasteiger charge is 2.63. The number of benzene rings is 2. The molecule has 7 nitrogen and oxygen atoms in total. The Bertz CT molecular complexity index is 1120. The second-order valence-electron chi connectivity index (χ2n) is 8.20. The molecule has 0 radical (unpaired) electrons. The first-order chi connectivity index (χ1) is 13.9. The number of rotatable bonds is 2. The molecule has 4 amide bonds. The zero-order valence-electron chi connectivity index (χ0n) is 16.2. The van der Waals surface area contributed by atoms with Crippen molar-refractivity contribution in [3.8, 4) is 6.07 Å². The Morgan fingerprint density at radius 3 is 2.55 bits per heavy atom. The molecule has 0 spiro atoms. The first-order valence-corrected chi connectivity index (χ1v) is 9.82. The summed E-state index contributed by atoms with van der Waals surface area (Å²) < 4.78 is 0. The maximum absolute atomic E-state index is 13.4. The van der Waals surface area contributed by atoms with Crippen molar-refractivity contribution in [2.24, 2.45) is 5.92 Å². The second-order valence-corrected chi connectivity index (χ2v) is 8.20. The number of anilines is 1. The van der Waals surface area contributed by atoms with E-state index in [2.05, 4.69) is 6.07 Å². The van der Waals surface area contributed by atoms with Crippen LogP contribution in [0.1, 0.15) is 25.8 Å². The quantitative estimate of drug-likeness (QED) is 0.740. The van der Waals surface area contributed by atoms with Crippen molar-refractivity contribution in [3.05, 3.63) is 42.0 Å². The molecule has 0 saturated carbocycles. The third-order valence-corrected chi connectivity index (χ3v) is 6.30. The molecule has 3 saturated heterocycles. The van der Waals surface area contributed by atoms with E-state index >= 15 is 0 Å². The van der Waals surface area contributed by atoms with Gasteiger partial charge in [0.25, 0.3) is 5.91 Å². The third-order valence-electron chi connectivity index (χ3n) is 6.30. The first-order valence-electron chi connectivity index (χ1n) is 9.82. The number of nitrogens with zero attached hydrogens (tertiary/aromatic N) is 4. The lowest BCUT2D eigenvalue weighted by Crippen LogP contribution is -2.55. The van der Waals surface area contributed by atoms with Crippen LogP contribution in [0.15, 0.2) is 36.4 Å². The van der Waals surface area contributed by atoms with Gasteiger partial charge in [-0.25, -0.2) is 9.69 Å². The molecule has 2 bridgehead atoms. The molecule has 0 aromatic heterocycles. The van der Waals surface area contributed by atoms with E-state index in [1.54, 1.807) is 21.9 Å². The van der Waals surface area contributed by atoms with Crippen molar-refractivity contribution in [1.29, 1.82) is 5.26 Å². The highest BCUT2D eigenvalue weighted by atomic mass is 16.2. The fourth-order valence-corrected chi connectivity index (χ4v) is 5.04. The normalized spacial score (nSPS) is 25.3. The van der Waals surface area contributed by atoms with E-state index in [1.165, 1.54) is 4.90 Å². The summed E-state index contributed by atoms with van der Waals surface area (Å²) >= 11 is 0. The summed E-state index contributed by atoms with van der Waals surface area (Å²) in [4.78, 5) is 43.9. The highest BCUT2D eigenvalue weighted by molar-refractivity contribution is 6.25.